The van der Waals surface area contributed by atoms with Crippen molar-refractivity contribution in [3.8, 4) is 0 Å². The number of rotatable bonds is 15. The lowest BCUT2D eigenvalue weighted by molar-refractivity contribution is 0.333. The standard InChI is InChI=1S/C17H34ClO2P/c1-4-7-9-10-11-12-13-14-16-17(15-8-5-2)21(18,19)20-6-3/h5,17H,2,4,6-16H2,1,3H3/t17-,21-/m0/s1. The van der Waals surface area contributed by atoms with Crippen LogP contribution < -0.4 is 0 Å². The quantitative estimate of drug-likeness (QED) is 0.178. The molecule has 0 rings (SSSR count). The topological polar surface area (TPSA) is 26.3 Å². The van der Waals surface area contributed by atoms with E-state index < -0.39 is 6.72 Å². The molecule has 0 bridgehead atoms. The molecule has 0 saturated heterocycles. The van der Waals surface area contributed by atoms with Crippen LogP contribution in [0.25, 0.3) is 0 Å². The fraction of sp³-hybridized carbons (Fsp3) is 0.882. The van der Waals surface area contributed by atoms with Crippen LogP contribution in [0.3, 0.4) is 0 Å². The summed E-state index contributed by atoms with van der Waals surface area (Å²) in [5.41, 5.74) is -0.0165. The summed E-state index contributed by atoms with van der Waals surface area (Å²) in [5.74, 6) is 0. The minimum absolute atomic E-state index is 0.0165. The van der Waals surface area contributed by atoms with Crippen molar-refractivity contribution in [2.75, 3.05) is 6.61 Å². The lowest BCUT2D eigenvalue weighted by atomic mass is 10.0. The van der Waals surface area contributed by atoms with E-state index in [9.17, 15) is 4.57 Å². The van der Waals surface area contributed by atoms with Crippen LogP contribution >= 0.6 is 18.0 Å². The second-order valence-corrected chi connectivity index (χ2v) is 9.17. The van der Waals surface area contributed by atoms with Gasteiger partial charge in [-0.1, -0.05) is 64.4 Å². The summed E-state index contributed by atoms with van der Waals surface area (Å²) in [7, 11) is 0. The van der Waals surface area contributed by atoms with Crippen LogP contribution in [0.2, 0.25) is 0 Å². The Labute approximate surface area is 136 Å². The van der Waals surface area contributed by atoms with Crippen LogP contribution in [0.5, 0.6) is 0 Å². The molecule has 0 aromatic rings. The summed E-state index contributed by atoms with van der Waals surface area (Å²) in [6.07, 6.45) is 14.7. The van der Waals surface area contributed by atoms with E-state index in [4.69, 9.17) is 15.8 Å². The van der Waals surface area contributed by atoms with E-state index in [-0.39, 0.29) is 5.66 Å². The molecule has 0 fully saturated rings. The van der Waals surface area contributed by atoms with Crippen molar-refractivity contribution < 1.29 is 9.09 Å². The largest absolute Gasteiger partial charge is 0.318 e. The molecule has 126 valence electrons. The van der Waals surface area contributed by atoms with E-state index >= 15 is 0 Å². The van der Waals surface area contributed by atoms with Crippen LogP contribution in [0.15, 0.2) is 12.7 Å². The highest BCUT2D eigenvalue weighted by atomic mass is 35.7. The van der Waals surface area contributed by atoms with Crippen molar-refractivity contribution in [1.82, 2.24) is 0 Å². The van der Waals surface area contributed by atoms with Gasteiger partial charge in [-0.3, -0.25) is 4.57 Å². The first-order chi connectivity index (χ1) is 10.1. The van der Waals surface area contributed by atoms with Crippen molar-refractivity contribution in [2.45, 2.75) is 90.1 Å². The predicted octanol–water partition coefficient (Wildman–Crippen LogP) is 7.32. The van der Waals surface area contributed by atoms with Gasteiger partial charge < -0.3 is 4.52 Å². The molecule has 0 heterocycles. The number of hydrogen-bond donors (Lipinski definition) is 0. The summed E-state index contributed by atoms with van der Waals surface area (Å²) in [4.78, 5) is 0. The lowest BCUT2D eigenvalue weighted by Gasteiger charge is -2.21. The van der Waals surface area contributed by atoms with Crippen LogP contribution in [-0.2, 0) is 9.09 Å². The first kappa shape index (κ1) is 21.2. The smallest absolute Gasteiger partial charge is 0.293 e. The van der Waals surface area contributed by atoms with Crippen molar-refractivity contribution in [1.29, 1.82) is 0 Å². The van der Waals surface area contributed by atoms with Crippen LogP contribution in [0.4, 0.5) is 0 Å². The molecule has 0 amide bonds. The van der Waals surface area contributed by atoms with Crippen LogP contribution in [0, 0.1) is 0 Å². The average Bonchev–Trinajstić information content (AvgIpc) is 2.44. The summed E-state index contributed by atoms with van der Waals surface area (Å²) in [6.45, 7) is 5.26. The van der Waals surface area contributed by atoms with Crippen molar-refractivity contribution in [3.63, 3.8) is 0 Å². The Bertz CT molecular complexity index is 295. The lowest BCUT2D eigenvalue weighted by Crippen LogP contribution is -2.08. The highest BCUT2D eigenvalue weighted by Gasteiger charge is 2.30. The minimum Gasteiger partial charge on any atom is -0.318 e. The normalized spacial score (nSPS) is 15.6. The predicted molar refractivity (Wildman–Crippen MR) is 95.5 cm³/mol. The molecule has 2 atom stereocenters. The molecule has 4 heteroatoms. The Hall–Kier alpha value is 0.220. The Morgan fingerprint density at radius 1 is 1.05 bits per heavy atom. The molecule has 2 nitrogen and oxygen atoms in total. The molecular formula is C17H34ClO2P. The maximum Gasteiger partial charge on any atom is 0.293 e. The fourth-order valence-electron chi connectivity index (χ4n) is 2.56. The van der Waals surface area contributed by atoms with E-state index in [1.54, 1.807) is 0 Å². The second-order valence-electron chi connectivity index (χ2n) is 5.72. The summed E-state index contributed by atoms with van der Waals surface area (Å²) in [6, 6.07) is 0. The Morgan fingerprint density at radius 3 is 2.14 bits per heavy atom. The number of unbranched alkanes of at least 4 members (excludes halogenated alkanes) is 7. The first-order valence-corrected chi connectivity index (χ1v) is 11.2. The zero-order valence-corrected chi connectivity index (χ0v) is 15.6. The van der Waals surface area contributed by atoms with Gasteiger partial charge in [0.15, 0.2) is 0 Å². The van der Waals surface area contributed by atoms with Gasteiger partial charge in [-0.25, -0.2) is 0 Å². The van der Waals surface area contributed by atoms with Crippen molar-refractivity contribution in [2.24, 2.45) is 0 Å². The van der Waals surface area contributed by atoms with Gasteiger partial charge in [0.1, 0.15) is 0 Å². The van der Waals surface area contributed by atoms with Crippen LogP contribution in [-0.4, -0.2) is 12.3 Å². The zero-order chi connectivity index (χ0) is 16.0. The maximum absolute atomic E-state index is 12.4. The van der Waals surface area contributed by atoms with Gasteiger partial charge >= 0.3 is 0 Å². The molecule has 0 unspecified atom stereocenters. The summed E-state index contributed by atoms with van der Waals surface area (Å²) >= 11 is 6.13. The molecule has 0 aliphatic rings. The van der Waals surface area contributed by atoms with Crippen molar-refractivity contribution >= 4 is 18.0 Å². The highest BCUT2D eigenvalue weighted by Crippen LogP contribution is 2.59. The van der Waals surface area contributed by atoms with Gasteiger partial charge in [0.2, 0.25) is 0 Å². The monoisotopic (exact) mass is 336 g/mol. The van der Waals surface area contributed by atoms with E-state index in [0.717, 1.165) is 25.7 Å². The molecule has 0 aliphatic heterocycles. The first-order valence-electron chi connectivity index (χ1n) is 8.63. The van der Waals surface area contributed by atoms with Gasteiger partial charge in [-0.15, -0.1) is 6.58 Å². The third-order valence-electron chi connectivity index (χ3n) is 3.84. The van der Waals surface area contributed by atoms with E-state index in [0.29, 0.717) is 6.61 Å². The number of allylic oxidation sites excluding steroid dienone is 1. The minimum atomic E-state index is -2.98. The second kappa shape index (κ2) is 13.9. The van der Waals surface area contributed by atoms with Gasteiger partial charge in [0.05, 0.1) is 12.3 Å². The molecule has 0 N–H and O–H groups in total. The third-order valence-corrected chi connectivity index (χ3v) is 6.96. The highest BCUT2D eigenvalue weighted by molar-refractivity contribution is 7.85. The molecule has 0 aromatic heterocycles. The number of halogens is 1. The zero-order valence-electron chi connectivity index (χ0n) is 14.0. The SMILES string of the molecule is C=CCC[C@@H](CCCCCCCCCC)[P@@](=O)(Cl)OCC. The van der Waals surface area contributed by atoms with E-state index in [2.05, 4.69) is 13.5 Å². The van der Waals surface area contributed by atoms with Gasteiger partial charge in [-0.05, 0) is 37.4 Å². The molecular weight excluding hydrogens is 303 g/mol. The van der Waals surface area contributed by atoms with Gasteiger partial charge in [0.25, 0.3) is 6.72 Å². The molecule has 0 spiro atoms. The van der Waals surface area contributed by atoms with Crippen molar-refractivity contribution in [3.05, 3.63) is 12.7 Å². The Balaban J connectivity index is 3.91. The summed E-state index contributed by atoms with van der Waals surface area (Å²) < 4.78 is 17.7. The Morgan fingerprint density at radius 2 is 1.62 bits per heavy atom. The maximum atomic E-state index is 12.4. The Kier molecular flexibility index (Phi) is 14.0. The van der Waals surface area contributed by atoms with Gasteiger partial charge in [0, 0.05) is 0 Å². The van der Waals surface area contributed by atoms with Gasteiger partial charge in [-0.2, -0.15) is 0 Å². The molecule has 0 radical (unpaired) electrons. The number of hydrogen-bond acceptors (Lipinski definition) is 2. The van der Waals surface area contributed by atoms with E-state index in [1.807, 2.05) is 13.0 Å². The molecule has 0 aliphatic carbocycles. The van der Waals surface area contributed by atoms with Crippen LogP contribution in [0.1, 0.15) is 84.5 Å². The average molecular weight is 337 g/mol. The fourth-order valence-corrected chi connectivity index (χ4v) is 4.95. The molecule has 0 aromatic carbocycles. The molecule has 0 saturated carbocycles. The third kappa shape index (κ3) is 11.4. The van der Waals surface area contributed by atoms with E-state index in [1.165, 1.54) is 44.9 Å². The summed E-state index contributed by atoms with van der Waals surface area (Å²) in [5, 5.41) is 0. The molecule has 21 heavy (non-hydrogen) atoms.